The number of fused-ring (bicyclic) bond motifs is 1. The number of hydrogen-bond donors (Lipinski definition) is 2. The molecule has 33 heavy (non-hydrogen) atoms. The highest BCUT2D eigenvalue weighted by atomic mass is 16.3. The van der Waals surface area contributed by atoms with Crippen molar-refractivity contribution in [3.8, 4) is 0 Å². The first-order valence-corrected chi connectivity index (χ1v) is 12.7. The number of hydrogen-bond acceptors (Lipinski definition) is 5. The summed E-state index contributed by atoms with van der Waals surface area (Å²) in [5.41, 5.74) is 0.349. The van der Waals surface area contributed by atoms with Gasteiger partial charge in [0.15, 0.2) is 0 Å². The summed E-state index contributed by atoms with van der Waals surface area (Å²) in [4.78, 5) is 36.1. The molecule has 1 saturated heterocycles. The molecule has 7 nitrogen and oxygen atoms in total. The molecule has 7 heteroatoms. The molecule has 1 aromatic rings. The van der Waals surface area contributed by atoms with Crippen LogP contribution in [-0.4, -0.2) is 57.0 Å². The smallest absolute Gasteiger partial charge is 0.271 e. The Balaban J connectivity index is 1.45. The summed E-state index contributed by atoms with van der Waals surface area (Å²) < 4.78 is 0. The van der Waals surface area contributed by atoms with Gasteiger partial charge >= 0.3 is 0 Å². The Morgan fingerprint density at radius 3 is 2.52 bits per heavy atom. The molecule has 0 spiro atoms. The minimum absolute atomic E-state index is 0.0272. The molecular formula is C26H40N4O3. The van der Waals surface area contributed by atoms with E-state index in [1.54, 1.807) is 6.20 Å². The zero-order valence-corrected chi connectivity index (χ0v) is 20.5. The standard InChI is InChI=1S/C26H40N4O3/c1-16-7-13-30(14-8-16)25(33)17(2)19-5-9-26(4)10-6-20(18(3)22(26)23(19)31)29-24(32)21-15-27-11-12-28-21/h11-12,15-20,22-23,31H,5-10,13-14H2,1-4H3,(H,29,32)/t17-,18+,19?,20-,22+,23-,26-/m0/s1. The fourth-order valence-corrected chi connectivity index (χ4v) is 6.86. The van der Waals surface area contributed by atoms with Crippen molar-refractivity contribution >= 4 is 11.8 Å². The summed E-state index contributed by atoms with van der Waals surface area (Å²) in [5.74, 6) is 0.613. The number of aliphatic hydroxyl groups is 1. The van der Waals surface area contributed by atoms with Crippen molar-refractivity contribution in [2.75, 3.05) is 13.1 Å². The van der Waals surface area contributed by atoms with Gasteiger partial charge in [-0.25, -0.2) is 4.98 Å². The van der Waals surface area contributed by atoms with Gasteiger partial charge in [0.2, 0.25) is 5.91 Å². The van der Waals surface area contributed by atoms with Gasteiger partial charge < -0.3 is 15.3 Å². The van der Waals surface area contributed by atoms with Crippen molar-refractivity contribution in [2.45, 2.75) is 78.4 Å². The second-order valence-electron chi connectivity index (χ2n) is 11.2. The molecule has 3 fully saturated rings. The van der Waals surface area contributed by atoms with Gasteiger partial charge in [-0.15, -0.1) is 0 Å². The SMILES string of the molecule is CC1CCN(C(=O)[C@@H](C)C2CC[C@@]3(C)CC[C@H](NC(=O)c4cnccn4)[C@@H](C)[C@@H]3[C@H]2O)CC1. The zero-order valence-electron chi connectivity index (χ0n) is 20.5. The molecule has 4 rings (SSSR count). The van der Waals surface area contributed by atoms with E-state index in [4.69, 9.17) is 0 Å². The molecule has 1 aromatic heterocycles. The Bertz CT molecular complexity index is 841. The van der Waals surface area contributed by atoms with Crippen molar-refractivity contribution < 1.29 is 14.7 Å². The molecule has 2 saturated carbocycles. The van der Waals surface area contributed by atoms with Gasteiger partial charge in [-0.3, -0.25) is 14.6 Å². The molecule has 0 radical (unpaired) electrons. The van der Waals surface area contributed by atoms with E-state index in [-0.39, 0.29) is 46.9 Å². The van der Waals surface area contributed by atoms with E-state index < -0.39 is 6.10 Å². The van der Waals surface area contributed by atoms with Crippen molar-refractivity contribution in [1.82, 2.24) is 20.2 Å². The summed E-state index contributed by atoms with van der Waals surface area (Å²) in [5, 5.41) is 14.8. The van der Waals surface area contributed by atoms with E-state index in [1.165, 1.54) is 12.4 Å². The number of carbonyl (C=O) groups is 2. The van der Waals surface area contributed by atoms with Crippen LogP contribution in [-0.2, 0) is 4.79 Å². The molecule has 2 aliphatic carbocycles. The number of aromatic nitrogens is 2. The first-order valence-electron chi connectivity index (χ1n) is 12.7. The molecule has 2 amide bonds. The highest BCUT2D eigenvalue weighted by Gasteiger charge is 2.54. The number of amides is 2. The Morgan fingerprint density at radius 1 is 1.15 bits per heavy atom. The Morgan fingerprint density at radius 2 is 1.85 bits per heavy atom. The third-order valence-electron chi connectivity index (χ3n) is 9.13. The van der Waals surface area contributed by atoms with Gasteiger partial charge in [-0.05, 0) is 67.6 Å². The Hall–Kier alpha value is -2.02. The van der Waals surface area contributed by atoms with E-state index in [2.05, 4.69) is 36.1 Å². The quantitative estimate of drug-likeness (QED) is 0.725. The average Bonchev–Trinajstić information content (AvgIpc) is 2.81. The third-order valence-corrected chi connectivity index (χ3v) is 9.13. The molecule has 0 aromatic carbocycles. The number of rotatable bonds is 4. The van der Waals surface area contributed by atoms with E-state index in [0.29, 0.717) is 11.6 Å². The second kappa shape index (κ2) is 9.69. The van der Waals surface area contributed by atoms with Crippen LogP contribution in [0.2, 0.25) is 0 Å². The van der Waals surface area contributed by atoms with Crippen LogP contribution in [0, 0.1) is 35.0 Å². The van der Waals surface area contributed by atoms with Crippen LogP contribution in [0.4, 0.5) is 0 Å². The summed E-state index contributed by atoms with van der Waals surface area (Å²) in [6.45, 7) is 10.4. The second-order valence-corrected chi connectivity index (χ2v) is 11.2. The topological polar surface area (TPSA) is 95.4 Å². The zero-order chi connectivity index (χ0) is 23.8. The largest absolute Gasteiger partial charge is 0.392 e. The summed E-state index contributed by atoms with van der Waals surface area (Å²) in [6, 6.07) is -0.0272. The van der Waals surface area contributed by atoms with Crippen molar-refractivity contribution in [1.29, 1.82) is 0 Å². The first kappa shape index (κ1) is 24.1. The summed E-state index contributed by atoms with van der Waals surface area (Å²) >= 11 is 0. The number of carbonyl (C=O) groups excluding carboxylic acids is 2. The van der Waals surface area contributed by atoms with Crippen LogP contribution >= 0.6 is 0 Å². The maximum atomic E-state index is 13.3. The molecule has 3 aliphatic rings. The third kappa shape index (κ3) is 4.79. The predicted octanol–water partition coefficient (Wildman–Crippen LogP) is 3.29. The maximum Gasteiger partial charge on any atom is 0.271 e. The highest BCUT2D eigenvalue weighted by molar-refractivity contribution is 5.92. The first-order chi connectivity index (χ1) is 15.7. The fraction of sp³-hybridized carbons (Fsp3) is 0.769. The number of piperidine rings is 1. The fourth-order valence-electron chi connectivity index (χ4n) is 6.86. The highest BCUT2D eigenvalue weighted by Crippen LogP contribution is 2.55. The van der Waals surface area contributed by atoms with Gasteiger partial charge in [0.25, 0.3) is 5.91 Å². The normalized spacial score (nSPS) is 36.0. The summed E-state index contributed by atoms with van der Waals surface area (Å²) in [6.07, 6.45) is 9.89. The molecule has 7 atom stereocenters. The number of nitrogens with zero attached hydrogens (tertiary/aromatic N) is 3. The van der Waals surface area contributed by atoms with Crippen LogP contribution in [0.1, 0.15) is 76.7 Å². The molecule has 2 heterocycles. The lowest BCUT2D eigenvalue weighted by atomic mass is 9.51. The monoisotopic (exact) mass is 456 g/mol. The van der Waals surface area contributed by atoms with Gasteiger partial charge in [0, 0.05) is 37.4 Å². The molecule has 2 N–H and O–H groups in total. The molecule has 1 aliphatic heterocycles. The van der Waals surface area contributed by atoms with Crippen LogP contribution in [0.15, 0.2) is 18.6 Å². The number of nitrogens with one attached hydrogen (secondary N) is 1. The van der Waals surface area contributed by atoms with Gasteiger partial charge in [-0.1, -0.05) is 27.7 Å². The van der Waals surface area contributed by atoms with Crippen LogP contribution < -0.4 is 5.32 Å². The average molecular weight is 457 g/mol. The molecule has 182 valence electrons. The Kier molecular flexibility index (Phi) is 7.08. The predicted molar refractivity (Wildman–Crippen MR) is 126 cm³/mol. The van der Waals surface area contributed by atoms with E-state index >= 15 is 0 Å². The van der Waals surface area contributed by atoms with E-state index in [1.807, 2.05) is 11.8 Å². The summed E-state index contributed by atoms with van der Waals surface area (Å²) in [7, 11) is 0. The number of aliphatic hydroxyl groups excluding tert-OH is 1. The van der Waals surface area contributed by atoms with Crippen molar-refractivity contribution in [3.05, 3.63) is 24.3 Å². The van der Waals surface area contributed by atoms with Gasteiger partial charge in [0.05, 0.1) is 12.3 Å². The Labute approximate surface area is 197 Å². The maximum absolute atomic E-state index is 13.3. The molecular weight excluding hydrogens is 416 g/mol. The van der Waals surface area contributed by atoms with Crippen LogP contribution in [0.5, 0.6) is 0 Å². The minimum atomic E-state index is -0.544. The molecule has 0 bridgehead atoms. The lowest BCUT2D eigenvalue weighted by molar-refractivity contribution is -0.151. The van der Waals surface area contributed by atoms with Gasteiger partial charge in [-0.2, -0.15) is 0 Å². The van der Waals surface area contributed by atoms with Crippen molar-refractivity contribution in [3.63, 3.8) is 0 Å². The van der Waals surface area contributed by atoms with E-state index in [0.717, 1.165) is 51.6 Å². The lowest BCUT2D eigenvalue weighted by Crippen LogP contribution is -2.58. The van der Waals surface area contributed by atoms with Crippen LogP contribution in [0.3, 0.4) is 0 Å². The van der Waals surface area contributed by atoms with E-state index in [9.17, 15) is 14.7 Å². The molecule has 1 unspecified atom stereocenters. The van der Waals surface area contributed by atoms with Gasteiger partial charge in [0.1, 0.15) is 5.69 Å². The lowest BCUT2D eigenvalue weighted by Gasteiger charge is -2.56. The number of likely N-dealkylation sites (tertiary alicyclic amines) is 1. The minimum Gasteiger partial charge on any atom is -0.392 e. The van der Waals surface area contributed by atoms with Crippen LogP contribution in [0.25, 0.3) is 0 Å². The van der Waals surface area contributed by atoms with Crippen molar-refractivity contribution in [2.24, 2.45) is 35.0 Å².